The second-order valence-electron chi connectivity index (χ2n) is 3.02. The van der Waals surface area contributed by atoms with Crippen LogP contribution in [0, 0.1) is 0 Å². The first-order chi connectivity index (χ1) is 5.81. The number of aromatic nitrogens is 2. The number of hydrogen-bond donors (Lipinski definition) is 2. The van der Waals surface area contributed by atoms with Crippen molar-refractivity contribution in [1.82, 2.24) is 10.1 Å². The van der Waals surface area contributed by atoms with Crippen LogP contribution in [-0.2, 0) is 0 Å². The molecule has 5 heteroatoms. The van der Waals surface area contributed by atoms with E-state index in [0.29, 0.717) is 11.7 Å². The van der Waals surface area contributed by atoms with E-state index >= 15 is 0 Å². The fourth-order valence-electron chi connectivity index (χ4n) is 0.991. The van der Waals surface area contributed by atoms with Crippen LogP contribution >= 0.6 is 0 Å². The molecule has 0 aliphatic heterocycles. The van der Waals surface area contributed by atoms with Gasteiger partial charge in [-0.25, -0.2) is 0 Å². The number of aliphatic hydroxyl groups is 1. The van der Waals surface area contributed by atoms with Crippen LogP contribution in [0.5, 0.6) is 0 Å². The standard InChI is InChI=1S/C7H11N3O2/c8-3-5(11)7-9-6(10-12-7)4-1-2-4/h4-5,11H,1-3,8H2. The molecule has 1 atom stereocenters. The molecule has 1 saturated carbocycles. The molecule has 0 radical (unpaired) electrons. The van der Waals surface area contributed by atoms with E-state index in [1.54, 1.807) is 0 Å². The summed E-state index contributed by atoms with van der Waals surface area (Å²) in [5, 5.41) is 13.0. The van der Waals surface area contributed by atoms with E-state index in [4.69, 9.17) is 10.3 Å². The van der Waals surface area contributed by atoms with Crippen LogP contribution in [0.2, 0.25) is 0 Å². The van der Waals surface area contributed by atoms with E-state index in [1.165, 1.54) is 0 Å². The molecule has 1 unspecified atom stereocenters. The Morgan fingerprint density at radius 1 is 1.67 bits per heavy atom. The Labute approximate surface area is 69.6 Å². The molecule has 0 saturated heterocycles. The summed E-state index contributed by atoms with van der Waals surface area (Å²) < 4.78 is 4.83. The minimum absolute atomic E-state index is 0.117. The number of hydrogen-bond acceptors (Lipinski definition) is 5. The molecule has 1 fully saturated rings. The molecule has 0 amide bonds. The lowest BCUT2D eigenvalue weighted by atomic mass is 10.3. The van der Waals surface area contributed by atoms with Gasteiger partial charge in [-0.1, -0.05) is 5.16 Å². The molecule has 1 aliphatic rings. The highest BCUT2D eigenvalue weighted by molar-refractivity contribution is 5.04. The van der Waals surface area contributed by atoms with Crippen molar-refractivity contribution in [1.29, 1.82) is 0 Å². The van der Waals surface area contributed by atoms with Gasteiger partial charge in [-0.3, -0.25) is 0 Å². The van der Waals surface area contributed by atoms with Gasteiger partial charge in [0, 0.05) is 12.5 Å². The van der Waals surface area contributed by atoms with Gasteiger partial charge in [-0.05, 0) is 12.8 Å². The third kappa shape index (κ3) is 1.33. The van der Waals surface area contributed by atoms with Crippen LogP contribution in [0.4, 0.5) is 0 Å². The Hall–Kier alpha value is -0.940. The Morgan fingerprint density at radius 3 is 3.00 bits per heavy atom. The Morgan fingerprint density at radius 2 is 2.42 bits per heavy atom. The summed E-state index contributed by atoms with van der Waals surface area (Å²) in [6.07, 6.45) is 1.43. The van der Waals surface area contributed by atoms with Crippen LogP contribution in [0.15, 0.2) is 4.52 Å². The van der Waals surface area contributed by atoms with Crippen molar-refractivity contribution in [3.63, 3.8) is 0 Å². The SMILES string of the molecule is NCC(O)c1nc(C2CC2)no1. The zero-order chi connectivity index (χ0) is 8.55. The fraction of sp³-hybridized carbons (Fsp3) is 0.714. The topological polar surface area (TPSA) is 85.2 Å². The highest BCUT2D eigenvalue weighted by Gasteiger charge is 2.29. The predicted octanol–water partition coefficient (Wildman–Crippen LogP) is -0.0609. The summed E-state index contributed by atoms with van der Waals surface area (Å²) in [5.41, 5.74) is 5.23. The van der Waals surface area contributed by atoms with Gasteiger partial charge >= 0.3 is 0 Å². The van der Waals surface area contributed by atoms with E-state index in [2.05, 4.69) is 10.1 Å². The van der Waals surface area contributed by atoms with Crippen molar-refractivity contribution in [3.05, 3.63) is 11.7 Å². The molecule has 66 valence electrons. The third-order valence-corrected chi connectivity index (χ3v) is 1.91. The van der Waals surface area contributed by atoms with Gasteiger partial charge < -0.3 is 15.4 Å². The highest BCUT2D eigenvalue weighted by Crippen LogP contribution is 2.38. The molecule has 1 aliphatic carbocycles. The van der Waals surface area contributed by atoms with E-state index in [0.717, 1.165) is 12.8 Å². The molecular weight excluding hydrogens is 158 g/mol. The zero-order valence-corrected chi connectivity index (χ0v) is 6.60. The van der Waals surface area contributed by atoms with Crippen molar-refractivity contribution in [3.8, 4) is 0 Å². The van der Waals surface area contributed by atoms with Crippen LogP contribution < -0.4 is 5.73 Å². The first-order valence-electron chi connectivity index (χ1n) is 4.03. The van der Waals surface area contributed by atoms with Crippen molar-refractivity contribution in [2.24, 2.45) is 5.73 Å². The first kappa shape index (κ1) is 7.70. The van der Waals surface area contributed by atoms with E-state index in [1.807, 2.05) is 0 Å². The number of aliphatic hydroxyl groups excluding tert-OH is 1. The summed E-state index contributed by atoms with van der Waals surface area (Å²) in [6, 6.07) is 0. The van der Waals surface area contributed by atoms with Gasteiger partial charge in [0.2, 0.25) is 0 Å². The Balaban J connectivity index is 2.12. The van der Waals surface area contributed by atoms with E-state index in [9.17, 15) is 5.11 Å². The molecule has 3 N–H and O–H groups in total. The van der Waals surface area contributed by atoms with Gasteiger partial charge in [0.1, 0.15) is 6.10 Å². The normalized spacial score (nSPS) is 19.5. The average Bonchev–Trinajstić information content (AvgIpc) is 2.83. The molecule has 12 heavy (non-hydrogen) atoms. The van der Waals surface area contributed by atoms with Crippen LogP contribution in [0.25, 0.3) is 0 Å². The van der Waals surface area contributed by atoms with Gasteiger partial charge in [0.25, 0.3) is 5.89 Å². The molecular formula is C7H11N3O2. The maximum absolute atomic E-state index is 9.22. The highest BCUT2D eigenvalue weighted by atomic mass is 16.5. The molecule has 2 rings (SSSR count). The number of nitrogens with zero attached hydrogens (tertiary/aromatic N) is 2. The fourth-order valence-corrected chi connectivity index (χ4v) is 0.991. The molecule has 1 heterocycles. The summed E-state index contributed by atoms with van der Waals surface area (Å²) in [6.45, 7) is 0.117. The molecule has 0 bridgehead atoms. The number of nitrogens with two attached hydrogens (primary N) is 1. The lowest BCUT2D eigenvalue weighted by Crippen LogP contribution is -2.11. The Kier molecular flexibility index (Phi) is 1.82. The second kappa shape index (κ2) is 2.84. The van der Waals surface area contributed by atoms with Gasteiger partial charge in [0.05, 0.1) is 0 Å². The lowest BCUT2D eigenvalue weighted by Gasteiger charge is -1.97. The smallest absolute Gasteiger partial charge is 0.256 e. The number of rotatable bonds is 3. The maximum Gasteiger partial charge on any atom is 0.256 e. The minimum atomic E-state index is -0.815. The predicted molar refractivity (Wildman–Crippen MR) is 40.3 cm³/mol. The summed E-state index contributed by atoms with van der Waals surface area (Å²) in [4.78, 5) is 4.04. The zero-order valence-electron chi connectivity index (χ0n) is 6.60. The minimum Gasteiger partial charge on any atom is -0.382 e. The molecule has 1 aromatic rings. The monoisotopic (exact) mass is 169 g/mol. The van der Waals surface area contributed by atoms with Gasteiger partial charge in [0.15, 0.2) is 5.82 Å². The van der Waals surface area contributed by atoms with Crippen molar-refractivity contribution >= 4 is 0 Å². The van der Waals surface area contributed by atoms with Gasteiger partial charge in [-0.15, -0.1) is 0 Å². The quantitative estimate of drug-likeness (QED) is 0.662. The Bertz CT molecular complexity index is 269. The molecule has 0 spiro atoms. The average molecular weight is 169 g/mol. The largest absolute Gasteiger partial charge is 0.382 e. The molecule has 0 aromatic carbocycles. The molecule has 1 aromatic heterocycles. The third-order valence-electron chi connectivity index (χ3n) is 1.91. The summed E-state index contributed by atoms with van der Waals surface area (Å²) >= 11 is 0. The summed E-state index contributed by atoms with van der Waals surface area (Å²) in [7, 11) is 0. The van der Waals surface area contributed by atoms with Crippen LogP contribution in [0.3, 0.4) is 0 Å². The van der Waals surface area contributed by atoms with Crippen LogP contribution in [-0.4, -0.2) is 21.8 Å². The van der Waals surface area contributed by atoms with Crippen molar-refractivity contribution < 1.29 is 9.63 Å². The van der Waals surface area contributed by atoms with Crippen LogP contribution in [0.1, 0.15) is 36.6 Å². The lowest BCUT2D eigenvalue weighted by molar-refractivity contribution is 0.141. The second-order valence-corrected chi connectivity index (χ2v) is 3.02. The summed E-state index contributed by atoms with van der Waals surface area (Å²) in [5.74, 6) is 1.39. The first-order valence-corrected chi connectivity index (χ1v) is 4.03. The van der Waals surface area contributed by atoms with Crippen molar-refractivity contribution in [2.45, 2.75) is 24.9 Å². The molecule has 5 nitrogen and oxygen atoms in total. The van der Waals surface area contributed by atoms with Gasteiger partial charge in [-0.2, -0.15) is 4.98 Å². The van der Waals surface area contributed by atoms with Crippen molar-refractivity contribution in [2.75, 3.05) is 6.54 Å². The maximum atomic E-state index is 9.22. The van der Waals surface area contributed by atoms with E-state index in [-0.39, 0.29) is 12.4 Å². The van der Waals surface area contributed by atoms with E-state index < -0.39 is 6.10 Å².